The first-order chi connectivity index (χ1) is 20.3. The number of nitrogens with one attached hydrogen (secondary N) is 1. The van der Waals surface area contributed by atoms with E-state index in [9.17, 15) is 14.7 Å². The lowest BCUT2D eigenvalue weighted by molar-refractivity contribution is 0.121. The first-order valence-corrected chi connectivity index (χ1v) is 13.7. The highest BCUT2D eigenvalue weighted by Gasteiger charge is 2.28. The third-order valence-corrected chi connectivity index (χ3v) is 7.71. The molecule has 0 saturated carbocycles. The predicted octanol–water partition coefficient (Wildman–Crippen LogP) is 4.59. The number of anilines is 1. The zero-order chi connectivity index (χ0) is 29.4. The third kappa shape index (κ3) is 5.17. The average Bonchev–Trinajstić information content (AvgIpc) is 3.77. The van der Waals surface area contributed by atoms with Gasteiger partial charge in [-0.05, 0) is 77.7 Å². The van der Waals surface area contributed by atoms with Gasteiger partial charge in [0.1, 0.15) is 12.2 Å². The van der Waals surface area contributed by atoms with E-state index < -0.39 is 6.09 Å². The van der Waals surface area contributed by atoms with Gasteiger partial charge in [0.05, 0.1) is 36.3 Å². The van der Waals surface area contributed by atoms with Crippen molar-refractivity contribution in [2.75, 3.05) is 18.6 Å². The number of aromatic amines is 1. The van der Waals surface area contributed by atoms with Crippen molar-refractivity contribution in [1.29, 1.82) is 0 Å². The number of aryl methyl sites for hydroxylation is 1. The molecular weight excluding hydrogens is 560 g/mol. The fraction of sp³-hybridized carbons (Fsp3) is 0.241. The van der Waals surface area contributed by atoms with E-state index in [2.05, 4.69) is 25.5 Å². The molecule has 1 aliphatic heterocycles. The first kappa shape index (κ1) is 27.4. The van der Waals surface area contributed by atoms with Crippen molar-refractivity contribution in [3.8, 4) is 28.1 Å². The smallest absolute Gasteiger partial charge is 0.411 e. The third-order valence-electron chi connectivity index (χ3n) is 7.47. The van der Waals surface area contributed by atoms with Gasteiger partial charge in [0.2, 0.25) is 0 Å². The Morgan fingerprint density at radius 1 is 1.19 bits per heavy atom. The number of H-pyrrole nitrogens is 1. The van der Waals surface area contributed by atoms with Crippen LogP contribution < -0.4 is 10.5 Å². The van der Waals surface area contributed by atoms with Crippen LogP contribution in [0.15, 0.2) is 71.9 Å². The van der Waals surface area contributed by atoms with E-state index in [1.807, 2.05) is 31.2 Å². The summed E-state index contributed by atoms with van der Waals surface area (Å²) in [4.78, 5) is 34.5. The summed E-state index contributed by atoms with van der Waals surface area (Å²) < 4.78 is 8.54. The molecule has 5 aromatic rings. The lowest BCUT2D eigenvalue weighted by atomic mass is 10.0. The van der Waals surface area contributed by atoms with E-state index in [-0.39, 0.29) is 24.2 Å². The number of halogens is 1. The van der Waals surface area contributed by atoms with E-state index in [4.69, 9.17) is 16.3 Å². The number of fused-ring (bicyclic) bond motifs is 1. The number of amides is 1. The molecule has 4 heterocycles. The van der Waals surface area contributed by atoms with Crippen LogP contribution in [0.4, 0.5) is 10.5 Å². The van der Waals surface area contributed by atoms with E-state index in [0.717, 1.165) is 28.1 Å². The molecule has 0 unspecified atom stereocenters. The second-order valence-electron chi connectivity index (χ2n) is 10.1. The summed E-state index contributed by atoms with van der Waals surface area (Å²) in [6.07, 6.45) is 3.34. The summed E-state index contributed by atoms with van der Waals surface area (Å²) in [7, 11) is 1.55. The number of hydrogen-bond donors (Lipinski definition) is 2. The van der Waals surface area contributed by atoms with Crippen LogP contribution in [0.5, 0.6) is 0 Å². The van der Waals surface area contributed by atoms with Crippen LogP contribution in [-0.2, 0) is 11.2 Å². The topological polar surface area (TPSA) is 144 Å². The zero-order valence-corrected chi connectivity index (χ0v) is 23.6. The Morgan fingerprint density at radius 2 is 2.00 bits per heavy atom. The van der Waals surface area contributed by atoms with E-state index in [1.54, 1.807) is 48.2 Å². The van der Waals surface area contributed by atoms with Gasteiger partial charge in [-0.1, -0.05) is 23.7 Å². The van der Waals surface area contributed by atoms with Crippen LogP contribution >= 0.6 is 11.6 Å². The van der Waals surface area contributed by atoms with Crippen LogP contribution in [0.25, 0.3) is 28.1 Å². The summed E-state index contributed by atoms with van der Waals surface area (Å²) in [5, 5.41) is 21.6. The van der Waals surface area contributed by atoms with E-state index in [0.29, 0.717) is 35.1 Å². The predicted molar refractivity (Wildman–Crippen MR) is 156 cm³/mol. The molecule has 214 valence electrons. The van der Waals surface area contributed by atoms with Crippen LogP contribution in [-0.4, -0.2) is 65.7 Å². The number of nitrogens with zero attached hydrogens (tertiary/aromatic N) is 7. The zero-order valence-electron chi connectivity index (χ0n) is 22.8. The molecule has 0 aliphatic carbocycles. The Bertz CT molecular complexity index is 1800. The average molecular weight is 587 g/mol. The summed E-state index contributed by atoms with van der Waals surface area (Å²) in [5.74, 6) is 0.681. The number of benzene rings is 2. The maximum absolute atomic E-state index is 13.5. The number of rotatable bonds is 8. The standard InChI is InChI=1S/C29H27ClN8O4/c1-17(42-2)15-36(29(40)41)21-6-3-18(4-7-21)24-14-31-28(33-24)26-10-8-22-11-19(12-27(39)38(22)26)23-13-20(30)5-9-25(23)37-16-32-34-35-37/h3-7,9,11-14,16-17,26H,8,10,15H2,1-2H3,(H,31,33)(H,40,41)/t17-,26-/m0/s1. The van der Waals surface area contributed by atoms with Gasteiger partial charge in [-0.25, -0.2) is 9.78 Å². The molecule has 12 nitrogen and oxygen atoms in total. The number of aromatic nitrogens is 7. The molecule has 2 N–H and O–H groups in total. The van der Waals surface area contributed by atoms with Crippen molar-refractivity contribution in [2.45, 2.75) is 31.9 Å². The second kappa shape index (κ2) is 11.2. The van der Waals surface area contributed by atoms with Crippen molar-refractivity contribution in [3.63, 3.8) is 0 Å². The first-order valence-electron chi connectivity index (χ1n) is 13.3. The highest BCUT2D eigenvalue weighted by atomic mass is 35.5. The van der Waals surface area contributed by atoms with Gasteiger partial charge in [-0.2, -0.15) is 4.68 Å². The number of ether oxygens (including phenoxy) is 1. The molecule has 0 radical (unpaired) electrons. The molecule has 1 amide bonds. The highest BCUT2D eigenvalue weighted by molar-refractivity contribution is 6.31. The molecule has 0 fully saturated rings. The Hall–Kier alpha value is -4.81. The summed E-state index contributed by atoms with van der Waals surface area (Å²) in [6, 6.07) is 15.9. The quantitative estimate of drug-likeness (QED) is 0.269. The van der Waals surface area contributed by atoms with Crippen molar-refractivity contribution in [2.24, 2.45) is 0 Å². The molecule has 13 heteroatoms. The minimum Gasteiger partial charge on any atom is -0.465 e. The Morgan fingerprint density at radius 3 is 2.71 bits per heavy atom. The number of hydrogen-bond acceptors (Lipinski definition) is 7. The number of carboxylic acid groups (broad SMARTS) is 1. The van der Waals surface area contributed by atoms with Crippen molar-refractivity contribution in [3.05, 3.63) is 94.0 Å². The molecule has 0 bridgehead atoms. The van der Waals surface area contributed by atoms with Gasteiger partial charge in [-0.15, -0.1) is 5.10 Å². The van der Waals surface area contributed by atoms with Gasteiger partial charge < -0.3 is 19.4 Å². The molecule has 3 aromatic heterocycles. The largest absolute Gasteiger partial charge is 0.465 e. The second-order valence-corrected chi connectivity index (χ2v) is 10.5. The Balaban J connectivity index is 1.27. The Labute approximate surface area is 245 Å². The SMILES string of the molecule is CO[C@@H](C)CN(C(=O)O)c1ccc(-c2cnc([C@@H]3CCc4cc(-c5cc(Cl)ccc5-n5cnnn5)cc(=O)n43)[nH]2)cc1. The van der Waals surface area contributed by atoms with Crippen molar-refractivity contribution < 1.29 is 14.6 Å². The number of carbonyl (C=O) groups is 1. The highest BCUT2D eigenvalue weighted by Crippen LogP contribution is 2.34. The Kier molecular flexibility index (Phi) is 7.31. The van der Waals surface area contributed by atoms with Crippen LogP contribution in [0, 0.1) is 0 Å². The fourth-order valence-corrected chi connectivity index (χ4v) is 5.49. The van der Waals surface area contributed by atoms with Crippen LogP contribution in [0.3, 0.4) is 0 Å². The molecule has 2 aromatic carbocycles. The maximum Gasteiger partial charge on any atom is 0.411 e. The minimum absolute atomic E-state index is 0.144. The lowest BCUT2D eigenvalue weighted by Crippen LogP contribution is -2.36. The fourth-order valence-electron chi connectivity index (χ4n) is 5.32. The summed E-state index contributed by atoms with van der Waals surface area (Å²) >= 11 is 6.31. The molecule has 2 atom stereocenters. The van der Waals surface area contributed by atoms with E-state index in [1.165, 1.54) is 15.9 Å². The molecular formula is C29H27ClN8O4. The van der Waals surface area contributed by atoms with Gasteiger partial charge >= 0.3 is 6.09 Å². The van der Waals surface area contributed by atoms with Crippen molar-refractivity contribution in [1.82, 2.24) is 34.7 Å². The number of tetrazole rings is 1. The number of pyridine rings is 1. The number of methoxy groups -OCH3 is 1. The maximum atomic E-state index is 13.5. The van der Waals surface area contributed by atoms with Gasteiger partial charge in [0, 0.05) is 35.1 Å². The van der Waals surface area contributed by atoms with E-state index >= 15 is 0 Å². The molecule has 42 heavy (non-hydrogen) atoms. The molecule has 6 rings (SSSR count). The number of imidazole rings is 1. The summed E-state index contributed by atoms with van der Waals surface area (Å²) in [6.45, 7) is 2.03. The minimum atomic E-state index is -1.05. The monoisotopic (exact) mass is 586 g/mol. The van der Waals surface area contributed by atoms with Gasteiger partial charge in [0.15, 0.2) is 0 Å². The van der Waals surface area contributed by atoms with Crippen LogP contribution in [0.2, 0.25) is 5.02 Å². The molecule has 0 spiro atoms. The normalized spacial score (nSPS) is 15.0. The van der Waals surface area contributed by atoms with Gasteiger partial charge in [0.25, 0.3) is 5.56 Å². The molecule has 1 aliphatic rings. The molecule has 0 saturated heterocycles. The summed E-state index contributed by atoms with van der Waals surface area (Å²) in [5.41, 5.74) is 5.11. The lowest BCUT2D eigenvalue weighted by Gasteiger charge is -2.22. The van der Waals surface area contributed by atoms with Crippen molar-refractivity contribution >= 4 is 23.4 Å². The van der Waals surface area contributed by atoms with Gasteiger partial charge in [-0.3, -0.25) is 9.69 Å². The van der Waals surface area contributed by atoms with Crippen LogP contribution in [0.1, 0.15) is 30.9 Å².